The van der Waals surface area contributed by atoms with Crippen LogP contribution in [0.25, 0.3) is 0 Å². The molecule has 1 rings (SSSR count). The molecule has 1 aromatic carbocycles. The van der Waals surface area contributed by atoms with Crippen LogP contribution >= 0.6 is 15.9 Å². The number of benzene rings is 1. The van der Waals surface area contributed by atoms with Crippen LogP contribution in [-0.4, -0.2) is 26.7 Å². The lowest BCUT2D eigenvalue weighted by atomic mass is 9.96. The highest BCUT2D eigenvalue weighted by atomic mass is 79.9. The monoisotopic (exact) mass is 354 g/mol. The number of hydrogen-bond donors (Lipinski definition) is 3. The van der Waals surface area contributed by atoms with E-state index in [2.05, 4.69) is 20.7 Å². The first-order valence-corrected chi connectivity index (χ1v) is 7.72. The van der Waals surface area contributed by atoms with E-state index in [9.17, 15) is 12.8 Å². The van der Waals surface area contributed by atoms with E-state index in [1.165, 1.54) is 0 Å². The van der Waals surface area contributed by atoms with E-state index in [4.69, 9.17) is 10.8 Å². The number of hydrogen-bond acceptors (Lipinski definition) is 4. The molecule has 19 heavy (non-hydrogen) atoms. The average Bonchev–Trinajstić information content (AvgIpc) is 2.31. The molecule has 0 spiro atoms. The smallest absolute Gasteiger partial charge is 0.241 e. The van der Waals surface area contributed by atoms with E-state index in [1.807, 2.05) is 0 Å². The fourth-order valence-electron chi connectivity index (χ4n) is 1.17. The summed E-state index contributed by atoms with van der Waals surface area (Å²) in [5, 5.41) is 9.08. The highest BCUT2D eigenvalue weighted by Crippen LogP contribution is 2.27. The summed E-state index contributed by atoms with van der Waals surface area (Å²) >= 11 is 2.99. The van der Waals surface area contributed by atoms with Gasteiger partial charge in [0.1, 0.15) is 5.82 Å². The van der Waals surface area contributed by atoms with Crippen LogP contribution in [0.4, 0.5) is 10.1 Å². The minimum absolute atomic E-state index is 0.0511. The Hall–Kier alpha value is -0.700. The van der Waals surface area contributed by atoms with E-state index >= 15 is 0 Å². The maximum absolute atomic E-state index is 13.2. The predicted molar refractivity (Wildman–Crippen MR) is 74.6 cm³/mol. The van der Waals surface area contributed by atoms with Crippen molar-refractivity contribution in [2.75, 3.05) is 18.9 Å². The lowest BCUT2D eigenvalue weighted by Gasteiger charge is -2.22. The van der Waals surface area contributed by atoms with Crippen molar-refractivity contribution in [1.82, 2.24) is 4.72 Å². The molecular formula is C11H16BrFN2O3S. The minimum Gasteiger partial charge on any atom is -0.396 e. The van der Waals surface area contributed by atoms with Crippen LogP contribution in [0.5, 0.6) is 0 Å². The highest BCUT2D eigenvalue weighted by Gasteiger charge is 2.24. The summed E-state index contributed by atoms with van der Waals surface area (Å²) in [4.78, 5) is -0.139. The van der Waals surface area contributed by atoms with Crippen LogP contribution in [0.15, 0.2) is 21.5 Å². The molecule has 0 fully saturated rings. The third-order valence-electron chi connectivity index (χ3n) is 2.51. The molecule has 0 radical (unpaired) electrons. The Morgan fingerprint density at radius 1 is 1.47 bits per heavy atom. The molecule has 0 aliphatic heterocycles. The maximum atomic E-state index is 13.2. The second kappa shape index (κ2) is 5.74. The van der Waals surface area contributed by atoms with Gasteiger partial charge in [-0.2, -0.15) is 0 Å². The number of nitrogens with one attached hydrogen (secondary N) is 1. The van der Waals surface area contributed by atoms with Crippen LogP contribution in [0.3, 0.4) is 0 Å². The molecule has 0 unspecified atom stereocenters. The second-order valence-corrected chi connectivity index (χ2v) is 7.54. The van der Waals surface area contributed by atoms with Crippen molar-refractivity contribution in [3.63, 3.8) is 0 Å². The van der Waals surface area contributed by atoms with E-state index in [0.29, 0.717) is 0 Å². The molecule has 108 valence electrons. The Morgan fingerprint density at radius 3 is 2.58 bits per heavy atom. The molecule has 0 amide bonds. The summed E-state index contributed by atoms with van der Waals surface area (Å²) in [6, 6.07) is 2.05. The molecule has 0 heterocycles. The van der Waals surface area contributed by atoms with Crippen LogP contribution in [0.2, 0.25) is 0 Å². The van der Waals surface area contributed by atoms with Gasteiger partial charge in [0.25, 0.3) is 0 Å². The van der Waals surface area contributed by atoms with Crippen molar-refractivity contribution in [1.29, 1.82) is 0 Å². The highest BCUT2D eigenvalue weighted by molar-refractivity contribution is 9.10. The van der Waals surface area contributed by atoms with Crippen LogP contribution in [0.1, 0.15) is 13.8 Å². The number of halogens is 2. The Labute approximate surface area is 120 Å². The molecule has 0 aliphatic carbocycles. The lowest BCUT2D eigenvalue weighted by Crippen LogP contribution is -2.36. The van der Waals surface area contributed by atoms with Gasteiger partial charge in [-0.1, -0.05) is 13.8 Å². The number of aliphatic hydroxyl groups is 1. The molecule has 5 nitrogen and oxygen atoms in total. The van der Waals surface area contributed by atoms with E-state index in [1.54, 1.807) is 13.8 Å². The minimum atomic E-state index is -3.83. The Kier molecular flexibility index (Phi) is 4.94. The topological polar surface area (TPSA) is 92.4 Å². The number of sulfonamides is 1. The Morgan fingerprint density at radius 2 is 2.05 bits per heavy atom. The maximum Gasteiger partial charge on any atom is 0.241 e. The normalized spacial score (nSPS) is 12.7. The van der Waals surface area contributed by atoms with Gasteiger partial charge >= 0.3 is 0 Å². The van der Waals surface area contributed by atoms with E-state index < -0.39 is 21.3 Å². The lowest BCUT2D eigenvalue weighted by molar-refractivity contribution is 0.163. The van der Waals surface area contributed by atoms with Gasteiger partial charge in [-0.05, 0) is 28.1 Å². The van der Waals surface area contributed by atoms with E-state index in [0.717, 1.165) is 12.1 Å². The van der Waals surface area contributed by atoms with Crippen LogP contribution in [-0.2, 0) is 10.0 Å². The molecular weight excluding hydrogens is 339 g/mol. The molecule has 0 atom stereocenters. The standard InChI is InChI=1S/C11H16BrFN2O3S/c1-11(2,6-16)5-15-19(17,18)10-4-9(14)8(13)3-7(10)12/h3-4,15-16H,5-6,14H2,1-2H3. The van der Waals surface area contributed by atoms with Crippen molar-refractivity contribution >= 4 is 31.6 Å². The fraction of sp³-hybridized carbons (Fsp3) is 0.455. The van der Waals surface area contributed by atoms with Crippen molar-refractivity contribution in [2.45, 2.75) is 18.7 Å². The average molecular weight is 355 g/mol. The number of rotatable bonds is 5. The van der Waals surface area contributed by atoms with Gasteiger partial charge in [0.15, 0.2) is 0 Å². The molecule has 1 aromatic rings. The van der Waals surface area contributed by atoms with Crippen molar-refractivity contribution in [2.24, 2.45) is 5.41 Å². The first kappa shape index (κ1) is 16.4. The second-order valence-electron chi connectivity index (χ2n) is 4.95. The third kappa shape index (κ3) is 4.13. The number of anilines is 1. The summed E-state index contributed by atoms with van der Waals surface area (Å²) in [6.07, 6.45) is 0. The van der Waals surface area contributed by atoms with Crippen LogP contribution in [0, 0.1) is 11.2 Å². The third-order valence-corrected chi connectivity index (χ3v) is 4.87. The molecule has 0 aliphatic rings. The Bertz CT molecular complexity index is 576. The summed E-state index contributed by atoms with van der Waals surface area (Å²) in [7, 11) is -3.83. The summed E-state index contributed by atoms with van der Waals surface area (Å²) in [5.41, 5.74) is 4.53. The zero-order valence-electron chi connectivity index (χ0n) is 10.6. The van der Waals surface area contributed by atoms with Gasteiger partial charge in [0.05, 0.1) is 10.6 Å². The molecule has 8 heteroatoms. The van der Waals surface area contributed by atoms with Crippen molar-refractivity contribution in [3.8, 4) is 0 Å². The van der Waals surface area contributed by atoms with Gasteiger partial charge in [-0.25, -0.2) is 17.5 Å². The fourth-order valence-corrected chi connectivity index (χ4v) is 3.46. The van der Waals surface area contributed by atoms with Crippen molar-refractivity contribution in [3.05, 3.63) is 22.4 Å². The number of aliphatic hydroxyl groups excluding tert-OH is 1. The summed E-state index contributed by atoms with van der Waals surface area (Å²) in [6.45, 7) is 3.31. The molecule has 4 N–H and O–H groups in total. The summed E-state index contributed by atoms with van der Waals surface area (Å²) in [5.74, 6) is -0.693. The van der Waals surface area contributed by atoms with E-state index in [-0.39, 0.29) is 28.2 Å². The van der Waals surface area contributed by atoms with Gasteiger partial charge in [0, 0.05) is 23.0 Å². The zero-order valence-corrected chi connectivity index (χ0v) is 13.0. The van der Waals surface area contributed by atoms with Gasteiger partial charge in [-0.3, -0.25) is 0 Å². The van der Waals surface area contributed by atoms with Gasteiger partial charge in [0.2, 0.25) is 10.0 Å². The molecule has 0 saturated heterocycles. The van der Waals surface area contributed by atoms with Gasteiger partial charge < -0.3 is 10.8 Å². The Balaban J connectivity index is 3.05. The molecule has 0 bridgehead atoms. The quantitative estimate of drug-likeness (QED) is 0.698. The first-order valence-electron chi connectivity index (χ1n) is 5.44. The SMILES string of the molecule is CC(C)(CO)CNS(=O)(=O)c1cc(N)c(F)cc1Br. The van der Waals surface area contributed by atoms with Crippen LogP contribution < -0.4 is 10.5 Å². The zero-order chi connectivity index (χ0) is 14.8. The number of nitrogens with two attached hydrogens (primary N) is 1. The molecule has 0 aromatic heterocycles. The molecule has 0 saturated carbocycles. The van der Waals surface area contributed by atoms with Crippen molar-refractivity contribution < 1.29 is 17.9 Å². The predicted octanol–water partition coefficient (Wildman–Crippen LogP) is 1.47. The first-order chi connectivity index (χ1) is 8.59. The largest absolute Gasteiger partial charge is 0.396 e. The summed E-state index contributed by atoms with van der Waals surface area (Å²) < 4.78 is 39.8. The van der Waals surface area contributed by atoms with Gasteiger partial charge in [-0.15, -0.1) is 0 Å². The number of nitrogen functional groups attached to an aromatic ring is 1.